The molecule has 0 aliphatic heterocycles. The van der Waals surface area contributed by atoms with E-state index in [0.29, 0.717) is 6.54 Å². The van der Waals surface area contributed by atoms with Gasteiger partial charge in [-0.1, -0.05) is 18.2 Å². The number of rotatable bonds is 4. The largest absolute Gasteiger partial charge is 0.330 e. The van der Waals surface area contributed by atoms with Crippen LogP contribution in [0.15, 0.2) is 42.5 Å². The fraction of sp³-hybridized carbons (Fsp3) is 0.235. The van der Waals surface area contributed by atoms with Crippen molar-refractivity contribution < 1.29 is 4.39 Å². The number of hydrogen-bond acceptors (Lipinski definition) is 2. The number of imidazole rings is 1. The molecule has 0 saturated heterocycles. The topological polar surface area (TPSA) is 43.8 Å². The second-order valence-electron chi connectivity index (χ2n) is 5.05. The summed E-state index contributed by atoms with van der Waals surface area (Å²) in [6.07, 6.45) is 0.842. The Morgan fingerprint density at radius 1 is 1.19 bits per heavy atom. The lowest BCUT2D eigenvalue weighted by Crippen LogP contribution is -2.03. The summed E-state index contributed by atoms with van der Waals surface area (Å²) in [4.78, 5) is 4.66. The molecule has 21 heavy (non-hydrogen) atoms. The smallest absolute Gasteiger partial charge is 0.141 e. The van der Waals surface area contributed by atoms with E-state index >= 15 is 0 Å². The van der Waals surface area contributed by atoms with Gasteiger partial charge in [-0.2, -0.15) is 0 Å². The van der Waals surface area contributed by atoms with Gasteiger partial charge in [-0.25, -0.2) is 9.37 Å². The van der Waals surface area contributed by atoms with E-state index in [1.54, 1.807) is 12.1 Å². The Bertz CT molecular complexity index is 777. The second-order valence-corrected chi connectivity index (χ2v) is 5.05. The zero-order valence-corrected chi connectivity index (χ0v) is 12.0. The molecule has 0 unspecified atom stereocenters. The molecule has 2 N–H and O–H groups in total. The standard InChI is InChI=1S/C17H18FN3/c1-2-21-16-11-14(18)6-7-15(16)20-17(21)13-5-3-4-12(10-13)8-9-19/h3-7,10-11H,2,8-9,19H2,1H3. The number of benzene rings is 2. The SMILES string of the molecule is CCn1c(-c2cccc(CCN)c2)nc2ccc(F)cc21. The Morgan fingerprint density at radius 3 is 2.81 bits per heavy atom. The maximum Gasteiger partial charge on any atom is 0.141 e. The Morgan fingerprint density at radius 2 is 2.05 bits per heavy atom. The molecule has 0 amide bonds. The lowest BCUT2D eigenvalue weighted by atomic mass is 10.1. The molecular weight excluding hydrogens is 265 g/mol. The number of nitrogens with two attached hydrogens (primary N) is 1. The summed E-state index contributed by atoms with van der Waals surface area (Å²) in [6, 6.07) is 12.9. The van der Waals surface area contributed by atoms with Crippen LogP contribution >= 0.6 is 0 Å². The summed E-state index contributed by atoms with van der Waals surface area (Å²) in [5, 5.41) is 0. The minimum absolute atomic E-state index is 0.236. The monoisotopic (exact) mass is 283 g/mol. The molecule has 2 aromatic carbocycles. The molecule has 108 valence electrons. The minimum atomic E-state index is -0.236. The van der Waals surface area contributed by atoms with Gasteiger partial charge < -0.3 is 10.3 Å². The second kappa shape index (κ2) is 5.66. The predicted molar refractivity (Wildman–Crippen MR) is 83.6 cm³/mol. The average Bonchev–Trinajstić information content (AvgIpc) is 2.85. The van der Waals surface area contributed by atoms with Gasteiger partial charge in [0.05, 0.1) is 11.0 Å². The van der Waals surface area contributed by atoms with E-state index in [1.165, 1.54) is 11.6 Å². The first kappa shape index (κ1) is 13.8. The maximum absolute atomic E-state index is 13.5. The van der Waals surface area contributed by atoms with Crippen molar-refractivity contribution in [3.63, 3.8) is 0 Å². The Hall–Kier alpha value is -2.20. The van der Waals surface area contributed by atoms with Crippen molar-refractivity contribution in [1.82, 2.24) is 9.55 Å². The van der Waals surface area contributed by atoms with E-state index in [0.717, 1.165) is 35.4 Å². The van der Waals surface area contributed by atoms with Crippen LogP contribution in [0, 0.1) is 5.82 Å². The quantitative estimate of drug-likeness (QED) is 0.798. The first-order valence-electron chi connectivity index (χ1n) is 7.18. The highest BCUT2D eigenvalue weighted by Gasteiger charge is 2.12. The zero-order valence-electron chi connectivity index (χ0n) is 12.0. The number of aromatic nitrogens is 2. The molecule has 0 fully saturated rings. The first-order valence-corrected chi connectivity index (χ1v) is 7.18. The van der Waals surface area contributed by atoms with Crippen molar-refractivity contribution in [2.45, 2.75) is 19.9 Å². The van der Waals surface area contributed by atoms with Gasteiger partial charge in [0, 0.05) is 12.1 Å². The van der Waals surface area contributed by atoms with E-state index < -0.39 is 0 Å². The molecule has 3 rings (SSSR count). The van der Waals surface area contributed by atoms with Gasteiger partial charge in [0.2, 0.25) is 0 Å². The molecule has 0 atom stereocenters. The van der Waals surface area contributed by atoms with Crippen molar-refractivity contribution in [3.05, 3.63) is 53.8 Å². The van der Waals surface area contributed by atoms with Crippen molar-refractivity contribution in [2.24, 2.45) is 5.73 Å². The Kier molecular flexibility index (Phi) is 3.71. The lowest BCUT2D eigenvalue weighted by molar-refractivity contribution is 0.628. The highest BCUT2D eigenvalue weighted by Crippen LogP contribution is 2.26. The Balaban J connectivity index is 2.17. The van der Waals surface area contributed by atoms with E-state index in [9.17, 15) is 4.39 Å². The average molecular weight is 283 g/mol. The van der Waals surface area contributed by atoms with Gasteiger partial charge in [0.25, 0.3) is 0 Å². The number of fused-ring (bicyclic) bond motifs is 1. The van der Waals surface area contributed by atoms with E-state index in [2.05, 4.69) is 17.1 Å². The molecule has 3 nitrogen and oxygen atoms in total. The van der Waals surface area contributed by atoms with Crippen molar-refractivity contribution in [2.75, 3.05) is 6.54 Å². The molecule has 3 aromatic rings. The van der Waals surface area contributed by atoms with E-state index in [1.807, 2.05) is 23.6 Å². The van der Waals surface area contributed by atoms with Crippen LogP contribution < -0.4 is 5.73 Å². The molecule has 0 aliphatic rings. The molecule has 0 aliphatic carbocycles. The van der Waals surface area contributed by atoms with Gasteiger partial charge in [0.15, 0.2) is 0 Å². The lowest BCUT2D eigenvalue weighted by Gasteiger charge is -2.07. The van der Waals surface area contributed by atoms with Crippen LogP contribution in [0.2, 0.25) is 0 Å². The highest BCUT2D eigenvalue weighted by molar-refractivity contribution is 5.80. The molecule has 4 heteroatoms. The molecule has 0 spiro atoms. The van der Waals surface area contributed by atoms with Crippen LogP contribution in [0.1, 0.15) is 12.5 Å². The van der Waals surface area contributed by atoms with Crippen LogP contribution in [-0.4, -0.2) is 16.1 Å². The summed E-state index contributed by atoms with van der Waals surface area (Å²) < 4.78 is 15.5. The molecule has 0 radical (unpaired) electrons. The molecule has 1 aromatic heterocycles. The van der Waals surface area contributed by atoms with Crippen molar-refractivity contribution in [1.29, 1.82) is 0 Å². The van der Waals surface area contributed by atoms with Gasteiger partial charge in [-0.05, 0) is 49.7 Å². The molecule has 0 bridgehead atoms. The summed E-state index contributed by atoms with van der Waals surface area (Å²) in [5.74, 6) is 0.637. The summed E-state index contributed by atoms with van der Waals surface area (Å²) in [6.45, 7) is 3.41. The van der Waals surface area contributed by atoms with Gasteiger partial charge >= 0.3 is 0 Å². The number of halogens is 1. The summed E-state index contributed by atoms with van der Waals surface area (Å²) >= 11 is 0. The van der Waals surface area contributed by atoms with Gasteiger partial charge in [-0.15, -0.1) is 0 Å². The van der Waals surface area contributed by atoms with Crippen LogP contribution in [0.4, 0.5) is 4.39 Å². The van der Waals surface area contributed by atoms with Crippen LogP contribution in [-0.2, 0) is 13.0 Å². The zero-order chi connectivity index (χ0) is 14.8. The van der Waals surface area contributed by atoms with Crippen LogP contribution in [0.25, 0.3) is 22.4 Å². The first-order chi connectivity index (χ1) is 10.2. The third-order valence-electron chi connectivity index (χ3n) is 3.64. The normalized spacial score (nSPS) is 11.2. The third kappa shape index (κ3) is 2.54. The predicted octanol–water partition coefficient (Wildman–Crippen LogP) is 3.36. The fourth-order valence-electron chi connectivity index (χ4n) is 2.67. The molecule has 0 saturated carbocycles. The van der Waals surface area contributed by atoms with Crippen LogP contribution in [0.5, 0.6) is 0 Å². The number of nitrogens with zero attached hydrogens (tertiary/aromatic N) is 2. The Labute approximate surface area is 123 Å². The minimum Gasteiger partial charge on any atom is -0.330 e. The fourth-order valence-corrected chi connectivity index (χ4v) is 2.67. The van der Waals surface area contributed by atoms with Crippen LogP contribution in [0.3, 0.4) is 0 Å². The van der Waals surface area contributed by atoms with E-state index in [4.69, 9.17) is 5.73 Å². The molecular formula is C17H18FN3. The van der Waals surface area contributed by atoms with Crippen molar-refractivity contribution in [3.8, 4) is 11.4 Å². The van der Waals surface area contributed by atoms with Crippen molar-refractivity contribution >= 4 is 11.0 Å². The highest BCUT2D eigenvalue weighted by atomic mass is 19.1. The van der Waals surface area contributed by atoms with E-state index in [-0.39, 0.29) is 5.82 Å². The van der Waals surface area contributed by atoms with Gasteiger partial charge in [0.1, 0.15) is 11.6 Å². The maximum atomic E-state index is 13.5. The third-order valence-corrected chi connectivity index (χ3v) is 3.64. The summed E-state index contributed by atoms with van der Waals surface area (Å²) in [5.41, 5.74) is 9.50. The molecule has 1 heterocycles. The number of hydrogen-bond donors (Lipinski definition) is 1. The number of aryl methyl sites for hydroxylation is 1. The van der Waals surface area contributed by atoms with Gasteiger partial charge in [-0.3, -0.25) is 0 Å². The summed E-state index contributed by atoms with van der Waals surface area (Å²) in [7, 11) is 0.